The Morgan fingerprint density at radius 1 is 0.267 bits per heavy atom. The molecule has 0 saturated carbocycles. The van der Waals surface area contributed by atoms with Crippen LogP contribution in [0.2, 0.25) is 0 Å². The predicted octanol–water partition coefficient (Wildman–Crippen LogP) is 16.2. The molecule has 1 nitrogen and oxygen atoms in total. The van der Waals surface area contributed by atoms with Gasteiger partial charge in [-0.3, -0.25) is 4.90 Å². The fraction of sp³-hybridized carbons (Fsp3) is 1.00. The Hall–Kier alpha value is -0.0400. The van der Waals surface area contributed by atoms with E-state index in [2.05, 4.69) is 39.5 Å². The molecule has 0 saturated heterocycles. The molecular formula is C44H91N. The molecule has 0 N–H and O–H groups in total. The van der Waals surface area contributed by atoms with Crippen molar-refractivity contribution in [1.29, 1.82) is 0 Å². The zero-order valence-electron chi connectivity index (χ0n) is 32.8. The lowest BCUT2D eigenvalue weighted by Crippen LogP contribution is -2.45. The molecule has 45 heavy (non-hydrogen) atoms. The Morgan fingerprint density at radius 3 is 0.711 bits per heavy atom. The third-order valence-corrected chi connectivity index (χ3v) is 10.8. The monoisotopic (exact) mass is 634 g/mol. The van der Waals surface area contributed by atoms with Crippen LogP contribution >= 0.6 is 0 Å². The molecule has 0 rings (SSSR count). The molecule has 0 aromatic heterocycles. The molecule has 0 spiro atoms. The second-order valence-electron chi connectivity index (χ2n) is 15.9. The Balaban J connectivity index is 4.20. The van der Waals surface area contributed by atoms with E-state index in [1.165, 1.54) is 244 Å². The first-order valence-electron chi connectivity index (χ1n) is 21.8. The van der Waals surface area contributed by atoms with Gasteiger partial charge in [0.15, 0.2) is 0 Å². The highest BCUT2D eigenvalue weighted by molar-refractivity contribution is 4.81. The molecule has 0 aliphatic carbocycles. The third-order valence-electron chi connectivity index (χ3n) is 10.8. The van der Waals surface area contributed by atoms with Gasteiger partial charge in [-0.15, -0.1) is 0 Å². The first-order valence-corrected chi connectivity index (χ1v) is 21.8. The summed E-state index contributed by atoms with van der Waals surface area (Å²) < 4.78 is 0. The van der Waals surface area contributed by atoms with E-state index in [4.69, 9.17) is 0 Å². The molecule has 0 radical (unpaired) electrons. The lowest BCUT2D eigenvalue weighted by molar-refractivity contribution is 0.102. The summed E-state index contributed by atoms with van der Waals surface area (Å²) in [6, 6.07) is 0. The van der Waals surface area contributed by atoms with Gasteiger partial charge in [-0.25, -0.2) is 0 Å². The highest BCUT2D eigenvalue weighted by Crippen LogP contribution is 2.25. The predicted molar refractivity (Wildman–Crippen MR) is 209 cm³/mol. The Bertz CT molecular complexity index is 499. The zero-order chi connectivity index (χ0) is 32.9. The van der Waals surface area contributed by atoms with Gasteiger partial charge in [0.2, 0.25) is 0 Å². The quantitative estimate of drug-likeness (QED) is 0.0609. The molecule has 0 amide bonds. The van der Waals surface area contributed by atoms with Crippen LogP contribution in [0.25, 0.3) is 0 Å². The highest BCUT2D eigenvalue weighted by Gasteiger charge is 2.25. The molecule has 1 heteroatoms. The molecule has 0 aromatic rings. The first kappa shape index (κ1) is 45.0. The third kappa shape index (κ3) is 33.6. The van der Waals surface area contributed by atoms with Crippen LogP contribution in [0.4, 0.5) is 0 Å². The summed E-state index contributed by atoms with van der Waals surface area (Å²) in [6.07, 6.45) is 52.2. The SMILES string of the molecule is CCCCCCCCCCCCCCCC(C)(C)N(CCCCCCCCCCCCC)CCCCCCCCCCCCC. The standard InChI is InChI=1S/C44H91N/c1-6-9-12-15-18-21-24-25-26-29-32-35-38-41-44(4,5)45(42-39-36-33-30-27-22-19-16-13-10-7-2)43-40-37-34-31-28-23-20-17-14-11-8-3/h6-43H2,1-5H3. The minimum atomic E-state index is 0.370. The van der Waals surface area contributed by atoms with Crippen molar-refractivity contribution >= 4 is 0 Å². The second kappa shape index (κ2) is 36.8. The molecule has 0 bridgehead atoms. The molecule has 0 fully saturated rings. The molecule has 0 atom stereocenters. The zero-order valence-corrected chi connectivity index (χ0v) is 32.8. The van der Waals surface area contributed by atoms with E-state index in [9.17, 15) is 0 Å². The largest absolute Gasteiger partial charge is 0.298 e. The van der Waals surface area contributed by atoms with Crippen molar-refractivity contribution in [3.05, 3.63) is 0 Å². The lowest BCUT2D eigenvalue weighted by atomic mass is 9.92. The van der Waals surface area contributed by atoms with Crippen LogP contribution in [-0.4, -0.2) is 23.5 Å². The summed E-state index contributed by atoms with van der Waals surface area (Å²) in [5.41, 5.74) is 0.370. The van der Waals surface area contributed by atoms with Crippen molar-refractivity contribution in [2.45, 2.75) is 271 Å². The fourth-order valence-corrected chi connectivity index (χ4v) is 7.38. The molecule has 0 aromatic carbocycles. The fourth-order valence-electron chi connectivity index (χ4n) is 7.38. The lowest BCUT2D eigenvalue weighted by Gasteiger charge is -2.39. The van der Waals surface area contributed by atoms with Crippen molar-refractivity contribution in [1.82, 2.24) is 4.90 Å². The summed E-state index contributed by atoms with van der Waals surface area (Å²) >= 11 is 0. The van der Waals surface area contributed by atoms with Crippen molar-refractivity contribution < 1.29 is 0 Å². The molecule has 0 heterocycles. The molecular weight excluding hydrogens is 542 g/mol. The number of nitrogens with zero attached hydrogens (tertiary/aromatic N) is 1. The van der Waals surface area contributed by atoms with Gasteiger partial charge < -0.3 is 0 Å². The van der Waals surface area contributed by atoms with Crippen molar-refractivity contribution in [2.75, 3.05) is 13.1 Å². The second-order valence-corrected chi connectivity index (χ2v) is 15.9. The van der Waals surface area contributed by atoms with Crippen LogP contribution in [-0.2, 0) is 0 Å². The summed E-state index contributed by atoms with van der Waals surface area (Å²) in [4.78, 5) is 2.93. The van der Waals surface area contributed by atoms with Gasteiger partial charge in [0.25, 0.3) is 0 Å². The maximum Gasteiger partial charge on any atom is 0.0153 e. The molecule has 0 aliphatic heterocycles. The van der Waals surface area contributed by atoms with Crippen LogP contribution in [0.5, 0.6) is 0 Å². The Morgan fingerprint density at radius 2 is 0.467 bits per heavy atom. The van der Waals surface area contributed by atoms with E-state index in [-0.39, 0.29) is 0 Å². The van der Waals surface area contributed by atoms with E-state index in [0.717, 1.165) is 0 Å². The van der Waals surface area contributed by atoms with Crippen molar-refractivity contribution in [2.24, 2.45) is 0 Å². The topological polar surface area (TPSA) is 3.24 Å². The van der Waals surface area contributed by atoms with Gasteiger partial charge in [0.1, 0.15) is 0 Å². The van der Waals surface area contributed by atoms with Crippen molar-refractivity contribution in [3.8, 4) is 0 Å². The normalized spacial score (nSPS) is 12.1. The van der Waals surface area contributed by atoms with Gasteiger partial charge in [0, 0.05) is 5.54 Å². The summed E-state index contributed by atoms with van der Waals surface area (Å²) in [7, 11) is 0. The van der Waals surface area contributed by atoms with Gasteiger partial charge in [-0.1, -0.05) is 233 Å². The molecule has 272 valence electrons. The van der Waals surface area contributed by atoms with Crippen molar-refractivity contribution in [3.63, 3.8) is 0 Å². The van der Waals surface area contributed by atoms with E-state index in [0.29, 0.717) is 5.54 Å². The van der Waals surface area contributed by atoms with Crippen LogP contribution < -0.4 is 0 Å². The number of hydrogen-bond acceptors (Lipinski definition) is 1. The summed E-state index contributed by atoms with van der Waals surface area (Å²) in [6.45, 7) is 14.8. The first-order chi connectivity index (χ1) is 22.1. The van der Waals surface area contributed by atoms with Gasteiger partial charge >= 0.3 is 0 Å². The highest BCUT2D eigenvalue weighted by atomic mass is 15.2. The number of hydrogen-bond donors (Lipinski definition) is 0. The minimum Gasteiger partial charge on any atom is -0.298 e. The smallest absolute Gasteiger partial charge is 0.0153 e. The van der Waals surface area contributed by atoms with E-state index in [1.807, 2.05) is 0 Å². The number of unbranched alkanes of at least 4 members (excludes halogenated alkanes) is 32. The van der Waals surface area contributed by atoms with E-state index >= 15 is 0 Å². The van der Waals surface area contributed by atoms with Crippen LogP contribution in [0, 0.1) is 0 Å². The number of rotatable bonds is 39. The average Bonchev–Trinajstić information content (AvgIpc) is 3.03. The maximum atomic E-state index is 2.93. The van der Waals surface area contributed by atoms with Crippen LogP contribution in [0.15, 0.2) is 0 Å². The van der Waals surface area contributed by atoms with Crippen LogP contribution in [0.3, 0.4) is 0 Å². The molecule has 0 aliphatic rings. The summed E-state index contributed by atoms with van der Waals surface area (Å²) in [5, 5.41) is 0. The van der Waals surface area contributed by atoms with Gasteiger partial charge in [-0.05, 0) is 46.2 Å². The van der Waals surface area contributed by atoms with E-state index < -0.39 is 0 Å². The van der Waals surface area contributed by atoms with Gasteiger partial charge in [0.05, 0.1) is 0 Å². The van der Waals surface area contributed by atoms with Gasteiger partial charge in [-0.2, -0.15) is 0 Å². The van der Waals surface area contributed by atoms with Crippen LogP contribution in [0.1, 0.15) is 266 Å². The molecule has 0 unspecified atom stereocenters. The Labute approximate surface area is 288 Å². The minimum absolute atomic E-state index is 0.370. The average molecular weight is 634 g/mol. The summed E-state index contributed by atoms with van der Waals surface area (Å²) in [5.74, 6) is 0. The Kier molecular flexibility index (Phi) is 36.8. The van der Waals surface area contributed by atoms with E-state index in [1.54, 1.807) is 0 Å². The maximum absolute atomic E-state index is 2.93.